The number of pyridine rings is 1. The summed E-state index contributed by atoms with van der Waals surface area (Å²) >= 11 is 3.36. The lowest BCUT2D eigenvalue weighted by Gasteiger charge is -1.97. The van der Waals surface area contributed by atoms with Crippen molar-refractivity contribution in [3.05, 3.63) is 34.2 Å². The largest absolute Gasteiger partial charge is 0.405 e. The minimum Gasteiger partial charge on any atom is -0.405 e. The summed E-state index contributed by atoms with van der Waals surface area (Å²) in [5.74, 6) is 0. The van der Waals surface area contributed by atoms with E-state index in [1.165, 1.54) is 6.20 Å². The van der Waals surface area contributed by atoms with E-state index in [2.05, 4.69) is 20.9 Å². The van der Waals surface area contributed by atoms with Crippen LogP contribution in [0.5, 0.6) is 0 Å². The molecule has 0 amide bonds. The van der Waals surface area contributed by atoms with E-state index in [9.17, 15) is 0 Å². The van der Waals surface area contributed by atoms with Crippen LogP contribution in [0, 0.1) is 6.92 Å². The van der Waals surface area contributed by atoms with E-state index in [-0.39, 0.29) is 0 Å². The molecule has 0 aliphatic rings. The highest BCUT2D eigenvalue weighted by atomic mass is 79.9. The number of aromatic nitrogens is 1. The lowest BCUT2D eigenvalue weighted by molar-refractivity contribution is 1.23. The van der Waals surface area contributed by atoms with Crippen LogP contribution in [0.3, 0.4) is 0 Å². The summed E-state index contributed by atoms with van der Waals surface area (Å²) in [6.07, 6.45) is 5.01. The van der Waals surface area contributed by atoms with Gasteiger partial charge in [0.25, 0.3) is 0 Å². The van der Waals surface area contributed by atoms with Gasteiger partial charge >= 0.3 is 0 Å². The Bertz CT molecular complexity index is 281. The first-order valence-corrected chi connectivity index (χ1v) is 4.04. The summed E-state index contributed by atoms with van der Waals surface area (Å²) < 4.78 is 1.02. The summed E-state index contributed by atoms with van der Waals surface area (Å²) in [5.41, 5.74) is 7.26. The molecule has 0 fully saturated rings. The number of nitrogens with zero attached hydrogens (tertiary/aromatic N) is 1. The zero-order chi connectivity index (χ0) is 8.27. The van der Waals surface area contributed by atoms with Crippen molar-refractivity contribution in [2.75, 3.05) is 0 Å². The van der Waals surface area contributed by atoms with Crippen LogP contribution in [0.1, 0.15) is 11.3 Å². The van der Waals surface area contributed by atoms with E-state index >= 15 is 0 Å². The third kappa shape index (κ3) is 2.05. The fraction of sp³-hybridized carbons (Fsp3) is 0.125. The summed E-state index contributed by atoms with van der Waals surface area (Å²) in [7, 11) is 0. The molecule has 0 unspecified atom stereocenters. The molecule has 1 rings (SSSR count). The molecule has 0 aliphatic heterocycles. The van der Waals surface area contributed by atoms with Crippen LogP contribution >= 0.6 is 15.9 Å². The second-order valence-corrected chi connectivity index (χ2v) is 3.07. The smallest absolute Gasteiger partial charge is 0.0647 e. The molecular formula is C8H9BrN2. The minimum atomic E-state index is 0.883. The predicted octanol–water partition coefficient (Wildman–Crippen LogP) is 2.08. The van der Waals surface area contributed by atoms with Gasteiger partial charge < -0.3 is 5.73 Å². The summed E-state index contributed by atoms with van der Waals surface area (Å²) in [4.78, 5) is 4.12. The van der Waals surface area contributed by atoms with Crippen LogP contribution in [0.15, 0.2) is 22.9 Å². The molecule has 0 atom stereocenters. The van der Waals surface area contributed by atoms with Crippen LogP contribution < -0.4 is 5.73 Å². The average molecular weight is 213 g/mol. The van der Waals surface area contributed by atoms with Crippen molar-refractivity contribution < 1.29 is 0 Å². The number of hydrogen-bond acceptors (Lipinski definition) is 2. The molecule has 58 valence electrons. The van der Waals surface area contributed by atoms with E-state index in [1.54, 1.807) is 12.3 Å². The lowest BCUT2D eigenvalue weighted by Crippen LogP contribution is -1.85. The maximum Gasteiger partial charge on any atom is 0.0647 e. The molecule has 0 radical (unpaired) electrons. The first-order chi connectivity index (χ1) is 5.24. The SMILES string of the molecule is Cc1cc(C=CN)ncc1Br. The summed E-state index contributed by atoms with van der Waals surface area (Å²) in [6, 6.07) is 1.97. The monoisotopic (exact) mass is 212 g/mol. The van der Waals surface area contributed by atoms with Crippen molar-refractivity contribution in [3.8, 4) is 0 Å². The maximum atomic E-state index is 5.22. The van der Waals surface area contributed by atoms with Gasteiger partial charge in [-0.15, -0.1) is 0 Å². The molecule has 0 aliphatic carbocycles. The van der Waals surface area contributed by atoms with Crippen molar-refractivity contribution >= 4 is 22.0 Å². The van der Waals surface area contributed by atoms with Gasteiger partial charge in [-0.05, 0) is 46.8 Å². The third-order valence-electron chi connectivity index (χ3n) is 1.34. The first-order valence-electron chi connectivity index (χ1n) is 3.24. The van der Waals surface area contributed by atoms with Gasteiger partial charge in [0, 0.05) is 10.7 Å². The van der Waals surface area contributed by atoms with E-state index in [1.807, 2.05) is 13.0 Å². The topological polar surface area (TPSA) is 38.9 Å². The number of hydrogen-bond donors (Lipinski definition) is 1. The number of nitrogens with two attached hydrogens (primary N) is 1. The van der Waals surface area contributed by atoms with Crippen LogP contribution in [0.25, 0.3) is 6.08 Å². The fourth-order valence-electron chi connectivity index (χ4n) is 0.751. The Morgan fingerprint density at radius 2 is 2.36 bits per heavy atom. The number of rotatable bonds is 1. The van der Waals surface area contributed by atoms with Crippen molar-refractivity contribution in [3.63, 3.8) is 0 Å². The zero-order valence-electron chi connectivity index (χ0n) is 6.21. The maximum absolute atomic E-state index is 5.22. The Hall–Kier alpha value is -0.830. The lowest BCUT2D eigenvalue weighted by atomic mass is 10.2. The Balaban J connectivity index is 3.05. The molecule has 11 heavy (non-hydrogen) atoms. The first kappa shape index (κ1) is 8.27. The molecule has 1 aromatic rings. The molecule has 0 bridgehead atoms. The van der Waals surface area contributed by atoms with Gasteiger partial charge in [-0.2, -0.15) is 0 Å². The molecule has 0 saturated heterocycles. The normalized spacial score (nSPS) is 10.7. The molecule has 2 nitrogen and oxygen atoms in total. The molecule has 0 saturated carbocycles. The highest BCUT2D eigenvalue weighted by Crippen LogP contribution is 2.14. The van der Waals surface area contributed by atoms with Gasteiger partial charge in [0.05, 0.1) is 5.69 Å². The molecule has 2 N–H and O–H groups in total. The second kappa shape index (κ2) is 3.53. The van der Waals surface area contributed by atoms with Crippen molar-refractivity contribution in [1.82, 2.24) is 4.98 Å². The van der Waals surface area contributed by atoms with Gasteiger partial charge in [-0.25, -0.2) is 0 Å². The summed E-state index contributed by atoms with van der Waals surface area (Å²) in [6.45, 7) is 2.01. The highest BCUT2D eigenvalue weighted by molar-refractivity contribution is 9.10. The third-order valence-corrected chi connectivity index (χ3v) is 2.17. The van der Waals surface area contributed by atoms with Crippen molar-refractivity contribution in [2.45, 2.75) is 6.92 Å². The predicted molar refractivity (Wildman–Crippen MR) is 49.9 cm³/mol. The Morgan fingerprint density at radius 3 is 2.91 bits per heavy atom. The van der Waals surface area contributed by atoms with E-state index in [0.29, 0.717) is 0 Å². The van der Waals surface area contributed by atoms with Crippen LogP contribution in [-0.4, -0.2) is 4.98 Å². The molecule has 3 heteroatoms. The van der Waals surface area contributed by atoms with Gasteiger partial charge in [0.1, 0.15) is 0 Å². The zero-order valence-corrected chi connectivity index (χ0v) is 7.80. The quantitative estimate of drug-likeness (QED) is 0.775. The molecular weight excluding hydrogens is 204 g/mol. The van der Waals surface area contributed by atoms with Crippen molar-refractivity contribution in [1.29, 1.82) is 0 Å². The van der Waals surface area contributed by atoms with Crippen LogP contribution in [0.2, 0.25) is 0 Å². The Morgan fingerprint density at radius 1 is 1.64 bits per heavy atom. The molecule has 0 spiro atoms. The average Bonchev–Trinajstić information content (AvgIpc) is 1.98. The Labute approximate surface area is 74.3 Å². The van der Waals surface area contributed by atoms with Gasteiger partial charge in [-0.3, -0.25) is 4.98 Å². The standard InChI is InChI=1S/C8H9BrN2/c1-6-4-7(2-3-10)11-5-8(6)9/h2-5H,10H2,1H3. The summed E-state index contributed by atoms with van der Waals surface area (Å²) in [5, 5.41) is 0. The molecule has 0 aromatic carbocycles. The Kier molecular flexibility index (Phi) is 2.65. The van der Waals surface area contributed by atoms with E-state index < -0.39 is 0 Å². The van der Waals surface area contributed by atoms with E-state index in [0.717, 1.165) is 15.7 Å². The van der Waals surface area contributed by atoms with Gasteiger partial charge in [0.15, 0.2) is 0 Å². The second-order valence-electron chi connectivity index (χ2n) is 2.22. The van der Waals surface area contributed by atoms with E-state index in [4.69, 9.17) is 5.73 Å². The fourth-order valence-corrected chi connectivity index (χ4v) is 0.968. The van der Waals surface area contributed by atoms with Gasteiger partial charge in [0.2, 0.25) is 0 Å². The molecule has 1 aromatic heterocycles. The number of aryl methyl sites for hydroxylation is 1. The van der Waals surface area contributed by atoms with Crippen LogP contribution in [-0.2, 0) is 0 Å². The van der Waals surface area contributed by atoms with Crippen molar-refractivity contribution in [2.24, 2.45) is 5.73 Å². The van der Waals surface area contributed by atoms with Gasteiger partial charge in [-0.1, -0.05) is 0 Å². The number of halogens is 1. The minimum absolute atomic E-state index is 0.883. The van der Waals surface area contributed by atoms with Crippen LogP contribution in [0.4, 0.5) is 0 Å². The highest BCUT2D eigenvalue weighted by Gasteiger charge is 1.94. The molecule has 1 heterocycles.